The third-order valence-electron chi connectivity index (χ3n) is 4.35. The molecule has 4 nitrogen and oxygen atoms in total. The van der Waals surface area contributed by atoms with E-state index in [0.29, 0.717) is 0 Å². The summed E-state index contributed by atoms with van der Waals surface area (Å²) in [6, 6.07) is 12.2. The SMILES string of the molecule is C=C=C/C(=C/C(=C\N=C)n1nnc2ccccc21)c1c(C)cc(C)cc1C. The molecule has 1 heterocycles. The fourth-order valence-electron chi connectivity index (χ4n) is 3.40. The normalized spacial score (nSPS) is 12.1. The summed E-state index contributed by atoms with van der Waals surface area (Å²) >= 11 is 0. The number of aliphatic imine (C=N–C) groups is 1. The number of fused-ring (bicyclic) bond motifs is 1. The fraction of sp³-hybridized carbons (Fsp3) is 0.130. The molecule has 0 saturated heterocycles. The van der Waals surface area contributed by atoms with E-state index in [1.807, 2.05) is 36.4 Å². The van der Waals surface area contributed by atoms with Gasteiger partial charge < -0.3 is 0 Å². The number of aryl methyl sites for hydroxylation is 3. The van der Waals surface area contributed by atoms with Crippen molar-refractivity contribution >= 4 is 29.0 Å². The predicted octanol–water partition coefficient (Wildman–Crippen LogP) is 5.28. The molecule has 2 aromatic carbocycles. The number of aromatic nitrogens is 3. The van der Waals surface area contributed by atoms with Gasteiger partial charge in [-0.3, -0.25) is 4.99 Å². The van der Waals surface area contributed by atoms with Crippen LogP contribution in [0.3, 0.4) is 0 Å². The van der Waals surface area contributed by atoms with Crippen molar-refractivity contribution in [3.05, 3.63) is 89.3 Å². The number of nitrogens with zero attached hydrogens (tertiary/aromatic N) is 4. The summed E-state index contributed by atoms with van der Waals surface area (Å²) in [6.45, 7) is 13.7. The lowest BCUT2D eigenvalue weighted by Crippen LogP contribution is -2.00. The molecule has 1 aromatic heterocycles. The molecule has 0 aliphatic rings. The Morgan fingerprint density at radius 1 is 1.15 bits per heavy atom. The first kappa shape index (κ1) is 18.3. The van der Waals surface area contributed by atoms with Crippen molar-refractivity contribution < 1.29 is 0 Å². The highest BCUT2D eigenvalue weighted by atomic mass is 15.4. The molecule has 27 heavy (non-hydrogen) atoms. The second-order valence-electron chi connectivity index (χ2n) is 6.45. The van der Waals surface area contributed by atoms with Crippen molar-refractivity contribution in [3.8, 4) is 0 Å². The minimum Gasteiger partial charge on any atom is -0.270 e. The van der Waals surface area contributed by atoms with Gasteiger partial charge >= 0.3 is 0 Å². The van der Waals surface area contributed by atoms with Gasteiger partial charge in [-0.25, -0.2) is 4.68 Å². The standard InChI is InChI=1S/C23H22N4/c1-6-9-19(23-17(3)12-16(2)13-18(23)4)14-20(15-24-5)27-22-11-8-7-10-21(22)25-26-27/h7-15H,1,5H2,2-4H3/b19-14-,20-15+. The van der Waals surface area contributed by atoms with Crippen LogP contribution in [-0.4, -0.2) is 21.7 Å². The molecular formula is C23H22N4. The highest BCUT2D eigenvalue weighted by Crippen LogP contribution is 2.28. The molecule has 0 aliphatic carbocycles. The van der Waals surface area contributed by atoms with Gasteiger partial charge in [-0.1, -0.05) is 41.6 Å². The summed E-state index contributed by atoms with van der Waals surface area (Å²) in [5.41, 5.74) is 11.2. The Balaban J connectivity index is 2.23. The van der Waals surface area contributed by atoms with Crippen LogP contribution in [0.4, 0.5) is 0 Å². The minimum absolute atomic E-state index is 0.763. The Bertz CT molecular complexity index is 1100. The average Bonchev–Trinajstić information content (AvgIpc) is 3.04. The van der Waals surface area contributed by atoms with E-state index in [9.17, 15) is 0 Å². The molecule has 0 bridgehead atoms. The number of allylic oxidation sites excluding steroid dienone is 4. The van der Waals surface area contributed by atoms with Crippen LogP contribution in [0.5, 0.6) is 0 Å². The van der Waals surface area contributed by atoms with Gasteiger partial charge in [0.25, 0.3) is 0 Å². The third kappa shape index (κ3) is 3.71. The number of hydrogen-bond donors (Lipinski definition) is 0. The Morgan fingerprint density at radius 3 is 2.52 bits per heavy atom. The molecule has 3 rings (SSSR count). The average molecular weight is 354 g/mol. The summed E-state index contributed by atoms with van der Waals surface area (Å²) in [5, 5.41) is 8.53. The van der Waals surface area contributed by atoms with Gasteiger partial charge in [0.05, 0.1) is 17.4 Å². The van der Waals surface area contributed by atoms with Gasteiger partial charge in [0.15, 0.2) is 0 Å². The first-order valence-corrected chi connectivity index (χ1v) is 8.67. The highest BCUT2D eigenvalue weighted by molar-refractivity contribution is 5.87. The first-order valence-electron chi connectivity index (χ1n) is 8.67. The molecule has 4 heteroatoms. The maximum Gasteiger partial charge on any atom is 0.113 e. The molecule has 134 valence electrons. The summed E-state index contributed by atoms with van der Waals surface area (Å²) in [5.74, 6) is 0. The Hall–Kier alpha value is -3.49. The minimum atomic E-state index is 0.763. The molecule has 0 unspecified atom stereocenters. The van der Waals surface area contributed by atoms with Crippen molar-refractivity contribution in [2.45, 2.75) is 20.8 Å². The van der Waals surface area contributed by atoms with Crippen LogP contribution >= 0.6 is 0 Å². The maximum atomic E-state index is 4.30. The van der Waals surface area contributed by atoms with Gasteiger partial charge in [-0.2, -0.15) is 0 Å². The smallest absolute Gasteiger partial charge is 0.113 e. The maximum absolute atomic E-state index is 4.30. The van der Waals surface area contributed by atoms with Crippen molar-refractivity contribution in [2.24, 2.45) is 4.99 Å². The van der Waals surface area contributed by atoms with E-state index < -0.39 is 0 Å². The summed E-state index contributed by atoms with van der Waals surface area (Å²) in [6.07, 6.45) is 5.57. The number of benzene rings is 2. The van der Waals surface area contributed by atoms with E-state index in [1.165, 1.54) is 16.7 Å². The van der Waals surface area contributed by atoms with Gasteiger partial charge in [0, 0.05) is 0 Å². The molecule has 0 radical (unpaired) electrons. The molecule has 0 atom stereocenters. The number of rotatable bonds is 5. The van der Waals surface area contributed by atoms with Gasteiger partial charge in [-0.05, 0) is 74.0 Å². The summed E-state index contributed by atoms with van der Waals surface area (Å²) in [7, 11) is 0. The second kappa shape index (κ2) is 7.81. The molecule has 0 N–H and O–H groups in total. The third-order valence-corrected chi connectivity index (χ3v) is 4.35. The summed E-state index contributed by atoms with van der Waals surface area (Å²) < 4.78 is 1.76. The zero-order chi connectivity index (χ0) is 19.4. The van der Waals surface area contributed by atoms with Crippen LogP contribution in [0.2, 0.25) is 0 Å². The first-order chi connectivity index (χ1) is 13.0. The summed E-state index contributed by atoms with van der Waals surface area (Å²) in [4.78, 5) is 3.97. The predicted molar refractivity (Wildman–Crippen MR) is 114 cm³/mol. The lowest BCUT2D eigenvalue weighted by molar-refractivity contribution is 0.843. The van der Waals surface area contributed by atoms with E-state index in [2.05, 4.69) is 67.2 Å². The largest absolute Gasteiger partial charge is 0.270 e. The fourth-order valence-corrected chi connectivity index (χ4v) is 3.40. The van der Waals surface area contributed by atoms with E-state index in [1.54, 1.807) is 10.9 Å². The topological polar surface area (TPSA) is 43.1 Å². The van der Waals surface area contributed by atoms with Crippen LogP contribution in [0.1, 0.15) is 22.3 Å². The van der Waals surface area contributed by atoms with Gasteiger partial charge in [0.1, 0.15) is 5.52 Å². The van der Waals surface area contributed by atoms with Gasteiger partial charge in [0.2, 0.25) is 0 Å². The Morgan fingerprint density at radius 2 is 1.85 bits per heavy atom. The van der Waals surface area contributed by atoms with Crippen LogP contribution in [0.15, 0.2) is 72.1 Å². The molecule has 0 fully saturated rings. The van der Waals surface area contributed by atoms with E-state index in [-0.39, 0.29) is 0 Å². The zero-order valence-corrected chi connectivity index (χ0v) is 15.9. The van der Waals surface area contributed by atoms with E-state index >= 15 is 0 Å². The lowest BCUT2D eigenvalue weighted by atomic mass is 9.93. The van der Waals surface area contributed by atoms with Crippen molar-refractivity contribution in [2.75, 3.05) is 0 Å². The van der Waals surface area contributed by atoms with Crippen LogP contribution in [-0.2, 0) is 0 Å². The molecule has 0 spiro atoms. The van der Waals surface area contributed by atoms with Crippen molar-refractivity contribution in [1.82, 2.24) is 15.0 Å². The van der Waals surface area contributed by atoms with Crippen molar-refractivity contribution in [3.63, 3.8) is 0 Å². The monoisotopic (exact) mass is 354 g/mol. The molecular weight excluding hydrogens is 332 g/mol. The molecule has 3 aromatic rings. The number of para-hydroxylation sites is 1. The van der Waals surface area contributed by atoms with Crippen molar-refractivity contribution in [1.29, 1.82) is 0 Å². The molecule has 0 amide bonds. The Kier molecular flexibility index (Phi) is 5.30. The van der Waals surface area contributed by atoms with Crippen LogP contribution < -0.4 is 0 Å². The molecule has 0 saturated carbocycles. The van der Waals surface area contributed by atoms with Crippen LogP contribution in [0, 0.1) is 20.8 Å². The van der Waals surface area contributed by atoms with Crippen LogP contribution in [0.25, 0.3) is 22.3 Å². The van der Waals surface area contributed by atoms with E-state index in [4.69, 9.17) is 0 Å². The van der Waals surface area contributed by atoms with E-state index in [0.717, 1.165) is 27.9 Å². The second-order valence-corrected chi connectivity index (χ2v) is 6.45. The Labute approximate surface area is 159 Å². The van der Waals surface area contributed by atoms with Gasteiger partial charge in [-0.15, -0.1) is 10.8 Å². The highest BCUT2D eigenvalue weighted by Gasteiger charge is 2.11. The molecule has 0 aliphatic heterocycles. The lowest BCUT2D eigenvalue weighted by Gasteiger charge is -2.13. The zero-order valence-electron chi connectivity index (χ0n) is 15.9. The quantitative estimate of drug-likeness (QED) is 0.355. The number of hydrogen-bond acceptors (Lipinski definition) is 3.